The van der Waals surface area contributed by atoms with E-state index in [1.165, 1.54) is 4.90 Å². The lowest BCUT2D eigenvalue weighted by molar-refractivity contribution is -0.148. The molecule has 2 bridgehead atoms. The molecule has 2 unspecified atom stereocenters. The number of aliphatic hydroxyl groups excluding tert-OH is 1. The molecular weight excluding hydrogens is 522 g/mol. The van der Waals surface area contributed by atoms with Gasteiger partial charge in [-0.1, -0.05) is 32.0 Å². The summed E-state index contributed by atoms with van der Waals surface area (Å²) in [6, 6.07) is 11.3. The average molecular weight is 564 g/mol. The number of carbonyl (C=O) groups excluding carboxylic acids is 3. The van der Waals surface area contributed by atoms with Crippen molar-refractivity contribution in [3.63, 3.8) is 0 Å². The van der Waals surface area contributed by atoms with Crippen molar-refractivity contribution in [2.75, 3.05) is 23.8 Å². The maximum atomic E-state index is 14.3. The number of benzene rings is 2. The van der Waals surface area contributed by atoms with Crippen molar-refractivity contribution < 1.29 is 29.0 Å². The second kappa shape index (κ2) is 11.1. The number of amides is 3. The molecule has 41 heavy (non-hydrogen) atoms. The van der Waals surface area contributed by atoms with Gasteiger partial charge in [-0.3, -0.25) is 14.4 Å². The third-order valence-electron chi connectivity index (χ3n) is 9.39. The first-order valence-electron chi connectivity index (χ1n) is 14.7. The first kappa shape index (κ1) is 29.1. The van der Waals surface area contributed by atoms with E-state index in [2.05, 4.69) is 10.6 Å². The normalized spacial score (nSPS) is 28.9. The number of hydrogen-bond acceptors (Lipinski definition) is 6. The number of anilines is 2. The molecule has 5 rings (SSSR count). The van der Waals surface area contributed by atoms with Crippen LogP contribution in [0.15, 0.2) is 42.5 Å². The van der Waals surface area contributed by atoms with Crippen molar-refractivity contribution in [3.8, 4) is 5.75 Å². The van der Waals surface area contributed by atoms with Gasteiger partial charge in [0.25, 0.3) is 0 Å². The second-order valence-electron chi connectivity index (χ2n) is 11.5. The Labute approximate surface area is 241 Å². The van der Waals surface area contributed by atoms with Gasteiger partial charge in [0.15, 0.2) is 0 Å². The van der Waals surface area contributed by atoms with Gasteiger partial charge in [0, 0.05) is 11.4 Å². The molecule has 9 nitrogen and oxygen atoms in total. The molecule has 1 spiro atoms. The number of ether oxygens (including phenoxy) is 2. The van der Waals surface area contributed by atoms with Gasteiger partial charge in [-0.15, -0.1) is 0 Å². The number of aliphatic hydroxyl groups is 1. The Morgan fingerprint density at radius 2 is 1.73 bits per heavy atom. The van der Waals surface area contributed by atoms with Crippen LogP contribution in [0.5, 0.6) is 5.75 Å². The fourth-order valence-corrected chi connectivity index (χ4v) is 7.39. The van der Waals surface area contributed by atoms with Crippen LogP contribution >= 0.6 is 0 Å². The number of para-hydroxylation sites is 1. The minimum absolute atomic E-state index is 0.291. The lowest BCUT2D eigenvalue weighted by Crippen LogP contribution is -2.56. The zero-order valence-electron chi connectivity index (χ0n) is 24.5. The van der Waals surface area contributed by atoms with Crippen molar-refractivity contribution in [1.29, 1.82) is 0 Å². The summed E-state index contributed by atoms with van der Waals surface area (Å²) in [6.45, 7) is 9.85. The minimum Gasteiger partial charge on any atom is -0.494 e. The maximum Gasteiger partial charge on any atom is 0.250 e. The van der Waals surface area contributed by atoms with Crippen LogP contribution < -0.4 is 15.4 Å². The van der Waals surface area contributed by atoms with Crippen LogP contribution in [0.1, 0.15) is 57.6 Å². The fourth-order valence-electron chi connectivity index (χ4n) is 7.39. The number of aryl methyl sites for hydroxylation is 2. The summed E-state index contributed by atoms with van der Waals surface area (Å²) in [5.74, 6) is -1.89. The highest BCUT2D eigenvalue weighted by Crippen LogP contribution is 2.64. The SMILES string of the molecule is CCOc1ccc(NC(=O)[C@@H]2[C@H]3C(=O)N([C@@H](CC)CO)C(C(=O)Nc4c(C)cccc4C)C34CC[C@@]2(CC)O4)cc1. The standard InChI is InChI=1S/C32H41N3O6/c1-6-22(18-36)35-27(29(38)34-26-19(4)10-9-11-20(26)5)32-17-16-31(7-2,41-32)24(25(32)30(35)39)28(37)33-21-12-14-23(15-13-21)40-8-3/h9-15,22,24-25,27,36H,6-8,16-18H2,1-5H3,(H,33,37)(H,34,38)/t22-,24-,25-,27?,31+,32?/m0/s1. The van der Waals surface area contributed by atoms with E-state index in [0.717, 1.165) is 11.1 Å². The minimum atomic E-state index is -1.17. The Morgan fingerprint density at radius 1 is 1.05 bits per heavy atom. The Bertz CT molecular complexity index is 1300. The van der Waals surface area contributed by atoms with Crippen LogP contribution in [-0.4, -0.2) is 64.2 Å². The molecule has 3 saturated heterocycles. The highest BCUT2D eigenvalue weighted by molar-refractivity contribution is 6.05. The molecule has 3 fully saturated rings. The molecule has 0 aliphatic carbocycles. The van der Waals surface area contributed by atoms with Gasteiger partial charge < -0.3 is 30.1 Å². The smallest absolute Gasteiger partial charge is 0.250 e. The molecule has 3 heterocycles. The quantitative estimate of drug-likeness (QED) is 0.399. The molecule has 0 radical (unpaired) electrons. The number of fused-ring (bicyclic) bond motifs is 1. The molecule has 3 aliphatic rings. The van der Waals surface area contributed by atoms with E-state index >= 15 is 0 Å². The molecule has 220 valence electrons. The number of hydrogen-bond donors (Lipinski definition) is 3. The van der Waals surface area contributed by atoms with E-state index in [-0.39, 0.29) is 24.3 Å². The van der Waals surface area contributed by atoms with E-state index in [4.69, 9.17) is 9.47 Å². The average Bonchev–Trinajstić information content (AvgIpc) is 3.56. The number of likely N-dealkylation sites (tertiary alicyclic amines) is 1. The van der Waals surface area contributed by atoms with E-state index in [0.29, 0.717) is 49.4 Å². The monoisotopic (exact) mass is 563 g/mol. The van der Waals surface area contributed by atoms with Gasteiger partial charge in [-0.05, 0) is 81.8 Å². The summed E-state index contributed by atoms with van der Waals surface area (Å²) in [6.07, 6.45) is 2.03. The number of rotatable bonds is 10. The van der Waals surface area contributed by atoms with Crippen LogP contribution in [0.3, 0.4) is 0 Å². The third kappa shape index (κ3) is 4.59. The Kier molecular flexibility index (Phi) is 7.87. The molecule has 0 aromatic heterocycles. The van der Waals surface area contributed by atoms with Crippen molar-refractivity contribution in [1.82, 2.24) is 4.90 Å². The largest absolute Gasteiger partial charge is 0.494 e. The number of nitrogens with zero attached hydrogens (tertiary/aromatic N) is 1. The predicted octanol–water partition coefficient (Wildman–Crippen LogP) is 4.21. The van der Waals surface area contributed by atoms with Gasteiger partial charge in [0.05, 0.1) is 36.7 Å². The van der Waals surface area contributed by atoms with E-state index in [1.807, 2.05) is 52.8 Å². The van der Waals surface area contributed by atoms with Gasteiger partial charge in [-0.25, -0.2) is 0 Å². The van der Waals surface area contributed by atoms with Crippen molar-refractivity contribution in [2.45, 2.75) is 83.6 Å². The maximum absolute atomic E-state index is 14.3. The molecule has 2 aromatic carbocycles. The van der Waals surface area contributed by atoms with Crippen LogP contribution in [0.4, 0.5) is 11.4 Å². The lowest BCUT2D eigenvalue weighted by Gasteiger charge is -2.37. The summed E-state index contributed by atoms with van der Waals surface area (Å²) in [7, 11) is 0. The van der Waals surface area contributed by atoms with E-state index < -0.39 is 35.1 Å². The highest BCUT2D eigenvalue weighted by atomic mass is 16.5. The highest BCUT2D eigenvalue weighted by Gasteiger charge is 2.79. The van der Waals surface area contributed by atoms with Crippen molar-refractivity contribution >= 4 is 29.1 Å². The van der Waals surface area contributed by atoms with Crippen LogP contribution in [-0.2, 0) is 19.1 Å². The Morgan fingerprint density at radius 3 is 2.32 bits per heavy atom. The molecular formula is C32H41N3O6. The van der Waals surface area contributed by atoms with Crippen LogP contribution in [0.2, 0.25) is 0 Å². The summed E-state index contributed by atoms with van der Waals surface area (Å²) < 4.78 is 12.3. The fraction of sp³-hybridized carbons (Fsp3) is 0.531. The number of nitrogens with one attached hydrogen (secondary N) is 2. The second-order valence-corrected chi connectivity index (χ2v) is 11.5. The summed E-state index contributed by atoms with van der Waals surface area (Å²) in [5.41, 5.74) is 1.08. The van der Waals surface area contributed by atoms with Gasteiger partial charge in [0.1, 0.15) is 17.4 Å². The lowest BCUT2D eigenvalue weighted by atomic mass is 9.65. The van der Waals surface area contributed by atoms with Gasteiger partial charge >= 0.3 is 0 Å². The molecule has 3 amide bonds. The Hall–Kier alpha value is -3.43. The van der Waals surface area contributed by atoms with E-state index in [1.54, 1.807) is 24.3 Å². The summed E-state index contributed by atoms with van der Waals surface area (Å²) >= 11 is 0. The summed E-state index contributed by atoms with van der Waals surface area (Å²) in [5, 5.41) is 16.4. The molecule has 3 N–H and O–H groups in total. The zero-order valence-corrected chi connectivity index (χ0v) is 24.5. The Balaban J connectivity index is 1.53. The van der Waals surface area contributed by atoms with E-state index in [9.17, 15) is 19.5 Å². The molecule has 9 heteroatoms. The van der Waals surface area contributed by atoms with Gasteiger partial charge in [0.2, 0.25) is 17.7 Å². The predicted molar refractivity (Wildman–Crippen MR) is 156 cm³/mol. The number of carbonyl (C=O) groups is 3. The molecule has 0 saturated carbocycles. The van der Waals surface area contributed by atoms with Crippen molar-refractivity contribution in [3.05, 3.63) is 53.6 Å². The molecule has 2 aromatic rings. The van der Waals surface area contributed by atoms with Gasteiger partial charge in [-0.2, -0.15) is 0 Å². The zero-order chi connectivity index (χ0) is 29.5. The van der Waals surface area contributed by atoms with Crippen LogP contribution in [0.25, 0.3) is 0 Å². The van der Waals surface area contributed by atoms with Crippen molar-refractivity contribution in [2.24, 2.45) is 11.8 Å². The first-order chi connectivity index (χ1) is 19.7. The molecule has 3 aliphatic heterocycles. The first-order valence-corrected chi connectivity index (χ1v) is 14.7. The molecule has 6 atom stereocenters. The summed E-state index contributed by atoms with van der Waals surface area (Å²) in [4.78, 5) is 44.0. The third-order valence-corrected chi connectivity index (χ3v) is 9.39. The van der Waals surface area contributed by atoms with Crippen LogP contribution in [0, 0.1) is 25.7 Å². The topological polar surface area (TPSA) is 117 Å².